The number of hydrogen-bond donors (Lipinski definition) is 0. The fraction of sp³-hybridized carbons (Fsp3) is 0.0769. The van der Waals surface area contributed by atoms with Crippen molar-refractivity contribution in [1.29, 1.82) is 0 Å². The molecule has 0 saturated carbocycles. The maximum atomic E-state index is 13.7. The number of benzene rings is 1. The molecule has 1 aromatic carbocycles. The van der Waals surface area contributed by atoms with Crippen molar-refractivity contribution in [1.82, 2.24) is 9.55 Å². The molecule has 0 spiro atoms. The van der Waals surface area contributed by atoms with Crippen LogP contribution in [0.5, 0.6) is 0 Å². The number of aromatic nitrogens is 2. The van der Waals surface area contributed by atoms with Crippen molar-refractivity contribution in [2.24, 2.45) is 0 Å². The van der Waals surface area contributed by atoms with Crippen LogP contribution in [-0.4, -0.2) is 9.55 Å². The Morgan fingerprint density at radius 1 is 1.37 bits per heavy atom. The molecule has 0 radical (unpaired) electrons. The number of hydrogen-bond acceptors (Lipinski definition) is 3. The minimum absolute atomic E-state index is 0.139. The van der Waals surface area contributed by atoms with Gasteiger partial charge in [0.25, 0.3) is 5.56 Å². The second kappa shape index (κ2) is 4.86. The largest absolute Gasteiger partial charge is 0.293 e. The third-order valence-corrected chi connectivity index (χ3v) is 4.17. The molecule has 19 heavy (non-hydrogen) atoms. The standard InChI is InChI=1S/C13H8BrFN2OS/c14-9-1-2-10(15)8(5-9)6-17-7-16-11-3-4-19-12(11)13(17)18/h1-5,7H,6H2. The van der Waals surface area contributed by atoms with E-state index in [1.165, 1.54) is 28.3 Å². The van der Waals surface area contributed by atoms with Gasteiger partial charge in [0.05, 0.1) is 18.4 Å². The van der Waals surface area contributed by atoms with Crippen molar-refractivity contribution in [3.63, 3.8) is 0 Å². The van der Waals surface area contributed by atoms with E-state index in [0.29, 0.717) is 15.8 Å². The van der Waals surface area contributed by atoms with E-state index >= 15 is 0 Å². The molecule has 3 rings (SSSR count). The summed E-state index contributed by atoms with van der Waals surface area (Å²) in [6.45, 7) is 0.172. The van der Waals surface area contributed by atoms with Gasteiger partial charge in [0.2, 0.25) is 0 Å². The van der Waals surface area contributed by atoms with Gasteiger partial charge in [-0.2, -0.15) is 0 Å². The van der Waals surface area contributed by atoms with E-state index in [1.807, 2.05) is 5.38 Å². The molecule has 6 heteroatoms. The maximum absolute atomic E-state index is 13.7. The van der Waals surface area contributed by atoms with E-state index in [2.05, 4.69) is 20.9 Å². The number of fused-ring (bicyclic) bond motifs is 1. The minimum Gasteiger partial charge on any atom is -0.293 e. The summed E-state index contributed by atoms with van der Waals surface area (Å²) in [7, 11) is 0. The maximum Gasteiger partial charge on any atom is 0.271 e. The van der Waals surface area contributed by atoms with Crippen LogP contribution in [0.25, 0.3) is 10.2 Å². The van der Waals surface area contributed by atoms with Gasteiger partial charge < -0.3 is 0 Å². The first-order valence-corrected chi connectivity index (χ1v) is 7.19. The highest BCUT2D eigenvalue weighted by Crippen LogP contribution is 2.17. The lowest BCUT2D eigenvalue weighted by Gasteiger charge is -2.07. The molecule has 0 amide bonds. The zero-order valence-corrected chi connectivity index (χ0v) is 12.0. The van der Waals surface area contributed by atoms with Crippen molar-refractivity contribution in [3.05, 3.63) is 62.2 Å². The van der Waals surface area contributed by atoms with Crippen LogP contribution in [-0.2, 0) is 6.54 Å². The Hall–Kier alpha value is -1.53. The zero-order chi connectivity index (χ0) is 13.4. The SMILES string of the molecule is O=c1c2sccc2ncn1Cc1cc(Br)ccc1F. The molecule has 0 atom stereocenters. The van der Waals surface area contributed by atoms with E-state index < -0.39 is 0 Å². The molecule has 2 aromatic heterocycles. The third-order valence-electron chi connectivity index (χ3n) is 2.78. The van der Waals surface area contributed by atoms with E-state index in [4.69, 9.17) is 0 Å². The van der Waals surface area contributed by atoms with Crippen LogP contribution in [0.4, 0.5) is 4.39 Å². The smallest absolute Gasteiger partial charge is 0.271 e. The van der Waals surface area contributed by atoms with Gasteiger partial charge in [-0.25, -0.2) is 9.37 Å². The van der Waals surface area contributed by atoms with Gasteiger partial charge in [0.15, 0.2) is 0 Å². The van der Waals surface area contributed by atoms with Crippen LogP contribution in [0.1, 0.15) is 5.56 Å². The number of halogens is 2. The van der Waals surface area contributed by atoms with Crippen molar-refractivity contribution in [2.75, 3.05) is 0 Å². The fourth-order valence-electron chi connectivity index (χ4n) is 1.84. The van der Waals surface area contributed by atoms with Gasteiger partial charge in [-0.15, -0.1) is 11.3 Å². The van der Waals surface area contributed by atoms with Gasteiger partial charge in [-0.1, -0.05) is 15.9 Å². The molecule has 0 aliphatic heterocycles. The van der Waals surface area contributed by atoms with E-state index in [-0.39, 0.29) is 17.9 Å². The summed E-state index contributed by atoms with van der Waals surface area (Å²) in [5.41, 5.74) is 0.995. The molecule has 0 aliphatic carbocycles. The summed E-state index contributed by atoms with van der Waals surface area (Å²) in [6.07, 6.45) is 1.46. The fourth-order valence-corrected chi connectivity index (χ4v) is 3.04. The average Bonchev–Trinajstić information content (AvgIpc) is 2.86. The molecule has 0 aliphatic rings. The van der Waals surface area contributed by atoms with Crippen molar-refractivity contribution in [3.8, 4) is 0 Å². The molecular weight excluding hydrogens is 331 g/mol. The quantitative estimate of drug-likeness (QED) is 0.717. The molecular formula is C13H8BrFN2OS. The normalized spacial score (nSPS) is 11.1. The lowest BCUT2D eigenvalue weighted by atomic mass is 10.2. The highest BCUT2D eigenvalue weighted by molar-refractivity contribution is 9.10. The van der Waals surface area contributed by atoms with Crippen LogP contribution < -0.4 is 5.56 Å². The summed E-state index contributed by atoms with van der Waals surface area (Å²) < 4.78 is 16.5. The summed E-state index contributed by atoms with van der Waals surface area (Å²) in [5.74, 6) is -0.332. The Morgan fingerprint density at radius 3 is 3.05 bits per heavy atom. The van der Waals surface area contributed by atoms with Crippen LogP contribution in [0, 0.1) is 5.82 Å². The Bertz CT molecular complexity index is 812. The Kier molecular flexibility index (Phi) is 3.20. The highest BCUT2D eigenvalue weighted by atomic mass is 79.9. The monoisotopic (exact) mass is 338 g/mol. The summed E-state index contributed by atoms with van der Waals surface area (Å²) in [6, 6.07) is 6.47. The highest BCUT2D eigenvalue weighted by Gasteiger charge is 2.08. The second-order valence-corrected chi connectivity index (χ2v) is 5.88. The number of thiophene rings is 1. The minimum atomic E-state index is -0.332. The Balaban J connectivity index is 2.08. The van der Waals surface area contributed by atoms with Gasteiger partial charge in [0.1, 0.15) is 10.5 Å². The molecule has 3 nitrogen and oxygen atoms in total. The molecule has 0 N–H and O–H groups in total. The van der Waals surface area contributed by atoms with Gasteiger partial charge >= 0.3 is 0 Å². The van der Waals surface area contributed by atoms with Crippen LogP contribution in [0.15, 0.2) is 45.2 Å². The molecule has 0 fully saturated rings. The lowest BCUT2D eigenvalue weighted by Crippen LogP contribution is -2.20. The van der Waals surface area contributed by atoms with E-state index in [1.54, 1.807) is 18.2 Å². The second-order valence-electron chi connectivity index (χ2n) is 4.05. The lowest BCUT2D eigenvalue weighted by molar-refractivity contribution is 0.595. The van der Waals surface area contributed by atoms with Crippen LogP contribution in [0.2, 0.25) is 0 Å². The zero-order valence-electron chi connectivity index (χ0n) is 9.64. The predicted octanol–water partition coefficient (Wildman–Crippen LogP) is 3.41. The number of nitrogens with zero attached hydrogens (tertiary/aromatic N) is 2. The first-order valence-electron chi connectivity index (χ1n) is 5.52. The van der Waals surface area contributed by atoms with Gasteiger partial charge in [-0.05, 0) is 29.6 Å². The van der Waals surface area contributed by atoms with E-state index in [0.717, 1.165) is 4.47 Å². The third kappa shape index (κ3) is 2.33. The average molecular weight is 339 g/mol. The summed E-state index contributed by atoms with van der Waals surface area (Å²) in [5, 5.41) is 1.82. The molecule has 96 valence electrons. The molecule has 0 bridgehead atoms. The summed E-state index contributed by atoms with van der Waals surface area (Å²) >= 11 is 4.64. The molecule has 3 aromatic rings. The van der Waals surface area contributed by atoms with Crippen molar-refractivity contribution < 1.29 is 4.39 Å². The first kappa shape index (κ1) is 12.5. The topological polar surface area (TPSA) is 34.9 Å². The van der Waals surface area contributed by atoms with Gasteiger partial charge in [-0.3, -0.25) is 9.36 Å². The first-order chi connectivity index (χ1) is 9.15. The van der Waals surface area contributed by atoms with Crippen LogP contribution in [0.3, 0.4) is 0 Å². The predicted molar refractivity (Wildman–Crippen MR) is 77.1 cm³/mol. The van der Waals surface area contributed by atoms with Crippen molar-refractivity contribution >= 4 is 37.5 Å². The summed E-state index contributed by atoms with van der Waals surface area (Å²) in [4.78, 5) is 16.4. The van der Waals surface area contributed by atoms with Crippen LogP contribution >= 0.6 is 27.3 Å². The molecule has 2 heterocycles. The van der Waals surface area contributed by atoms with Crippen molar-refractivity contribution in [2.45, 2.75) is 6.54 Å². The van der Waals surface area contributed by atoms with Gasteiger partial charge in [0, 0.05) is 10.0 Å². The Labute approximate surface area is 120 Å². The Morgan fingerprint density at radius 2 is 2.21 bits per heavy atom. The molecule has 0 unspecified atom stereocenters. The number of rotatable bonds is 2. The van der Waals surface area contributed by atoms with E-state index in [9.17, 15) is 9.18 Å². The molecule has 0 saturated heterocycles.